The average molecular weight is 561 g/mol. The molecule has 1 aromatic carbocycles. The van der Waals surface area contributed by atoms with Crippen LogP contribution in [0.3, 0.4) is 0 Å². The van der Waals surface area contributed by atoms with Crippen LogP contribution in [0.15, 0.2) is 30.3 Å². The molecule has 0 fully saturated rings. The molecule has 0 aliphatic carbocycles. The third-order valence-corrected chi connectivity index (χ3v) is 7.22. The van der Waals surface area contributed by atoms with Crippen LogP contribution < -0.4 is 21.3 Å². The van der Waals surface area contributed by atoms with Crippen molar-refractivity contribution in [2.75, 3.05) is 0 Å². The largest absolute Gasteiger partial charge is 0.391 e. The Labute approximate surface area is 240 Å². The van der Waals surface area contributed by atoms with Crippen molar-refractivity contribution in [3.63, 3.8) is 0 Å². The number of benzene rings is 1. The lowest BCUT2D eigenvalue weighted by atomic mass is 9.91. The highest BCUT2D eigenvalue weighted by atomic mass is 16.3. The van der Waals surface area contributed by atoms with Crippen molar-refractivity contribution in [1.82, 2.24) is 21.3 Å². The highest BCUT2D eigenvalue weighted by Gasteiger charge is 2.32. The highest BCUT2D eigenvalue weighted by molar-refractivity contribution is 5.88. The summed E-state index contributed by atoms with van der Waals surface area (Å²) < 4.78 is 0. The summed E-state index contributed by atoms with van der Waals surface area (Å²) in [5.74, 6) is -1.05. The second-order valence-corrected chi connectivity index (χ2v) is 11.8. The Hall–Kier alpha value is -2.94. The number of aliphatic hydroxyl groups excluding tert-OH is 1. The first-order valence-corrected chi connectivity index (χ1v) is 14.6. The SMILES string of the molecule is CC[C@H](C)[C@H](NC(C)=O)C(=O)N[C@@H](CCC(C)C)C[C@H](O)[C@H](Cc1ccccc1)NC(=O)[C@@H](NC(C)=O)C(C)C. The highest BCUT2D eigenvalue weighted by Crippen LogP contribution is 2.17. The molecule has 0 aromatic heterocycles. The molecule has 0 aliphatic heterocycles. The number of carbonyl (C=O) groups is 4. The first kappa shape index (κ1) is 35.1. The Balaban J connectivity index is 3.21. The summed E-state index contributed by atoms with van der Waals surface area (Å²) in [4.78, 5) is 50.1. The first-order chi connectivity index (χ1) is 18.7. The number of carbonyl (C=O) groups excluding carboxylic acids is 4. The van der Waals surface area contributed by atoms with Crippen LogP contribution in [0.4, 0.5) is 0 Å². The summed E-state index contributed by atoms with van der Waals surface area (Å²) in [6, 6.07) is 7.14. The van der Waals surface area contributed by atoms with Crippen molar-refractivity contribution >= 4 is 23.6 Å². The standard InChI is InChI=1S/C31H52N4O5/c1-9-21(6)29(33-23(8)37)31(40)34-25(16-15-19(2)3)18-27(38)26(17-24-13-11-10-12-14-24)35-30(39)28(20(4)5)32-22(7)36/h10-14,19-21,25-29,38H,9,15-18H2,1-8H3,(H,32,36)(H,33,37)(H,34,40)(H,35,39)/t21-,25-,26-,27-,28-,29-/m0/s1. The molecule has 226 valence electrons. The zero-order chi connectivity index (χ0) is 30.4. The van der Waals surface area contributed by atoms with Crippen LogP contribution in [0, 0.1) is 17.8 Å². The lowest BCUT2D eigenvalue weighted by Gasteiger charge is -2.32. The van der Waals surface area contributed by atoms with Gasteiger partial charge in [-0.1, -0.05) is 78.3 Å². The van der Waals surface area contributed by atoms with Crippen LogP contribution in [0.5, 0.6) is 0 Å². The van der Waals surface area contributed by atoms with E-state index >= 15 is 0 Å². The van der Waals surface area contributed by atoms with E-state index in [2.05, 4.69) is 35.1 Å². The van der Waals surface area contributed by atoms with E-state index in [1.807, 2.05) is 58.0 Å². The first-order valence-electron chi connectivity index (χ1n) is 14.6. The van der Waals surface area contributed by atoms with E-state index in [-0.39, 0.29) is 47.9 Å². The van der Waals surface area contributed by atoms with E-state index < -0.39 is 24.2 Å². The molecule has 0 bridgehead atoms. The summed E-state index contributed by atoms with van der Waals surface area (Å²) in [6.07, 6.45) is 1.81. The lowest BCUT2D eigenvalue weighted by Crippen LogP contribution is -2.56. The molecule has 9 heteroatoms. The summed E-state index contributed by atoms with van der Waals surface area (Å²) in [5.41, 5.74) is 0.942. The van der Waals surface area contributed by atoms with Crippen molar-refractivity contribution in [1.29, 1.82) is 0 Å². The van der Waals surface area contributed by atoms with Gasteiger partial charge < -0.3 is 26.4 Å². The Kier molecular flexibility index (Phi) is 15.5. The molecule has 5 N–H and O–H groups in total. The van der Waals surface area contributed by atoms with Crippen LogP contribution in [0.1, 0.15) is 86.6 Å². The minimum atomic E-state index is -0.977. The molecule has 40 heavy (non-hydrogen) atoms. The topological polar surface area (TPSA) is 137 Å². The number of rotatable bonds is 17. The fourth-order valence-corrected chi connectivity index (χ4v) is 4.63. The maximum Gasteiger partial charge on any atom is 0.243 e. The van der Waals surface area contributed by atoms with E-state index in [1.165, 1.54) is 13.8 Å². The van der Waals surface area contributed by atoms with Crippen molar-refractivity contribution in [3.05, 3.63) is 35.9 Å². The average Bonchev–Trinajstić information content (AvgIpc) is 2.88. The normalized spacial score (nSPS) is 15.9. The third kappa shape index (κ3) is 12.9. The molecule has 6 atom stereocenters. The minimum absolute atomic E-state index is 0.0635. The van der Waals surface area contributed by atoms with Crippen LogP contribution in [0.2, 0.25) is 0 Å². The molecule has 0 spiro atoms. The Morgan fingerprint density at radius 3 is 1.82 bits per heavy atom. The summed E-state index contributed by atoms with van der Waals surface area (Å²) in [6.45, 7) is 14.5. The van der Waals surface area contributed by atoms with Crippen LogP contribution in [0.25, 0.3) is 0 Å². The van der Waals surface area contributed by atoms with Gasteiger partial charge in [0, 0.05) is 19.9 Å². The number of hydrogen-bond acceptors (Lipinski definition) is 5. The Bertz CT molecular complexity index is 937. The Morgan fingerprint density at radius 2 is 1.32 bits per heavy atom. The van der Waals surface area contributed by atoms with Gasteiger partial charge in [-0.05, 0) is 49.0 Å². The smallest absolute Gasteiger partial charge is 0.243 e. The minimum Gasteiger partial charge on any atom is -0.391 e. The quantitative estimate of drug-likeness (QED) is 0.199. The van der Waals surface area contributed by atoms with Crippen molar-refractivity contribution in [2.45, 2.75) is 118 Å². The van der Waals surface area contributed by atoms with E-state index in [9.17, 15) is 24.3 Å². The number of aliphatic hydroxyl groups is 1. The van der Waals surface area contributed by atoms with E-state index in [0.717, 1.165) is 12.0 Å². The molecule has 1 rings (SSSR count). The lowest BCUT2D eigenvalue weighted by molar-refractivity contribution is -0.130. The van der Waals surface area contributed by atoms with Gasteiger partial charge in [-0.25, -0.2) is 0 Å². The second-order valence-electron chi connectivity index (χ2n) is 11.8. The zero-order valence-electron chi connectivity index (χ0n) is 25.6. The molecular formula is C31H52N4O5. The number of amides is 4. The summed E-state index contributed by atoms with van der Waals surface area (Å²) in [7, 11) is 0. The van der Waals surface area contributed by atoms with Gasteiger partial charge in [-0.15, -0.1) is 0 Å². The maximum atomic E-state index is 13.3. The van der Waals surface area contributed by atoms with Crippen LogP contribution in [-0.2, 0) is 25.6 Å². The molecular weight excluding hydrogens is 508 g/mol. The van der Waals surface area contributed by atoms with Crippen molar-refractivity contribution < 1.29 is 24.3 Å². The fraction of sp³-hybridized carbons (Fsp3) is 0.677. The number of hydrogen-bond donors (Lipinski definition) is 5. The molecule has 0 saturated carbocycles. The molecule has 9 nitrogen and oxygen atoms in total. The number of nitrogens with one attached hydrogen (secondary N) is 4. The molecule has 1 aromatic rings. The fourth-order valence-electron chi connectivity index (χ4n) is 4.63. The monoisotopic (exact) mass is 560 g/mol. The molecule has 0 heterocycles. The van der Waals surface area contributed by atoms with E-state index in [0.29, 0.717) is 25.2 Å². The van der Waals surface area contributed by atoms with Crippen molar-refractivity contribution in [2.24, 2.45) is 17.8 Å². The van der Waals surface area contributed by atoms with Gasteiger partial charge in [-0.2, -0.15) is 0 Å². The molecule has 4 amide bonds. The zero-order valence-corrected chi connectivity index (χ0v) is 25.6. The van der Waals surface area contributed by atoms with Crippen molar-refractivity contribution in [3.8, 4) is 0 Å². The van der Waals surface area contributed by atoms with Gasteiger partial charge in [0.1, 0.15) is 12.1 Å². The summed E-state index contributed by atoms with van der Waals surface area (Å²) >= 11 is 0. The van der Waals surface area contributed by atoms with Crippen LogP contribution in [-0.4, -0.2) is 59.0 Å². The van der Waals surface area contributed by atoms with Gasteiger partial charge >= 0.3 is 0 Å². The van der Waals surface area contributed by atoms with E-state index in [1.54, 1.807) is 0 Å². The third-order valence-electron chi connectivity index (χ3n) is 7.22. The van der Waals surface area contributed by atoms with Gasteiger partial charge in [-0.3, -0.25) is 19.2 Å². The van der Waals surface area contributed by atoms with Gasteiger partial charge in [0.05, 0.1) is 12.1 Å². The van der Waals surface area contributed by atoms with E-state index in [4.69, 9.17) is 0 Å². The van der Waals surface area contributed by atoms with Gasteiger partial charge in [0.15, 0.2) is 0 Å². The molecule has 0 unspecified atom stereocenters. The predicted octanol–water partition coefficient (Wildman–Crippen LogP) is 3.10. The summed E-state index contributed by atoms with van der Waals surface area (Å²) in [5, 5.41) is 23.0. The van der Waals surface area contributed by atoms with Gasteiger partial charge in [0.25, 0.3) is 0 Å². The predicted molar refractivity (Wildman–Crippen MR) is 158 cm³/mol. The maximum absolute atomic E-state index is 13.3. The molecule has 0 saturated heterocycles. The van der Waals surface area contributed by atoms with Crippen LogP contribution >= 0.6 is 0 Å². The Morgan fingerprint density at radius 1 is 0.775 bits per heavy atom. The second kappa shape index (κ2) is 17.7. The molecule has 0 radical (unpaired) electrons. The molecule has 0 aliphatic rings. The van der Waals surface area contributed by atoms with Gasteiger partial charge in [0.2, 0.25) is 23.6 Å².